The number of carbonyl (C=O) groups excluding carboxylic acids is 1. The summed E-state index contributed by atoms with van der Waals surface area (Å²) in [6, 6.07) is 0. The van der Waals surface area contributed by atoms with Gasteiger partial charge in [0, 0.05) is 0 Å². The van der Waals surface area contributed by atoms with E-state index in [1.54, 1.807) is 20.8 Å². The molecule has 86 valence electrons. The van der Waals surface area contributed by atoms with Crippen molar-refractivity contribution in [2.24, 2.45) is 11.7 Å². The number of hydrogen-bond acceptors (Lipinski definition) is 3. The number of carbonyl (C=O) groups is 1. The Hall–Kier alpha value is -0.350. The third-order valence-corrected chi connectivity index (χ3v) is 1.44. The Labute approximate surface area is 90.6 Å². The van der Waals surface area contributed by atoms with Gasteiger partial charge in [-0.1, -0.05) is 0 Å². The first-order chi connectivity index (χ1) is 5.90. The molecule has 0 aliphatic rings. The molecule has 0 spiro atoms. The molecule has 1 unspecified atom stereocenters. The summed E-state index contributed by atoms with van der Waals surface area (Å²) in [6.45, 7) is 4.86. The maximum atomic E-state index is 12.3. The van der Waals surface area contributed by atoms with Crippen LogP contribution < -0.4 is 5.73 Å². The zero-order valence-corrected chi connectivity index (χ0v) is 9.70. The molecule has 0 aliphatic heterocycles. The van der Waals surface area contributed by atoms with Gasteiger partial charge in [0.25, 0.3) is 0 Å². The fourth-order valence-electron chi connectivity index (χ4n) is 0.844. The molecule has 0 aromatic carbocycles. The Balaban J connectivity index is 0. The zero-order chi connectivity index (χ0) is 10.5. The molecule has 2 N–H and O–H groups in total. The lowest BCUT2D eigenvalue weighted by Crippen LogP contribution is -2.30. The van der Waals surface area contributed by atoms with Crippen molar-refractivity contribution < 1.29 is 13.9 Å². The summed E-state index contributed by atoms with van der Waals surface area (Å²) in [4.78, 5) is 11.3. The second kappa shape index (κ2) is 7.01. The Morgan fingerprint density at radius 3 is 2.29 bits per heavy atom. The van der Waals surface area contributed by atoms with Gasteiger partial charge in [0.2, 0.25) is 0 Å². The summed E-state index contributed by atoms with van der Waals surface area (Å²) in [5.41, 5.74) is 4.68. The third-order valence-electron chi connectivity index (χ3n) is 1.44. The number of ether oxygens (including phenoxy) is 1. The maximum absolute atomic E-state index is 12.3. The summed E-state index contributed by atoms with van der Waals surface area (Å²) in [7, 11) is 0. The number of halogens is 2. The van der Waals surface area contributed by atoms with Gasteiger partial charge in [0.15, 0.2) is 0 Å². The van der Waals surface area contributed by atoms with Gasteiger partial charge in [-0.05, 0) is 33.7 Å². The van der Waals surface area contributed by atoms with Crippen LogP contribution in [0.2, 0.25) is 0 Å². The summed E-state index contributed by atoms with van der Waals surface area (Å²) < 4.78 is 17.3. The van der Waals surface area contributed by atoms with Gasteiger partial charge in [-0.15, -0.1) is 12.4 Å². The average Bonchev–Trinajstić information content (AvgIpc) is 1.96. The highest BCUT2D eigenvalue weighted by Gasteiger charge is 2.24. The van der Waals surface area contributed by atoms with Crippen LogP contribution in [0.1, 0.15) is 27.2 Å². The maximum Gasteiger partial charge on any atom is 0.312 e. The van der Waals surface area contributed by atoms with Gasteiger partial charge in [0.05, 0.1) is 5.92 Å². The molecule has 0 rings (SSSR count). The molecule has 0 heterocycles. The van der Waals surface area contributed by atoms with Crippen LogP contribution in [-0.2, 0) is 9.53 Å². The summed E-state index contributed by atoms with van der Waals surface area (Å²) >= 11 is 0. The van der Waals surface area contributed by atoms with Gasteiger partial charge in [-0.3, -0.25) is 9.18 Å². The molecule has 0 aliphatic carbocycles. The van der Waals surface area contributed by atoms with E-state index in [1.165, 1.54) is 0 Å². The van der Waals surface area contributed by atoms with Crippen LogP contribution in [0.5, 0.6) is 0 Å². The topological polar surface area (TPSA) is 52.3 Å². The SMILES string of the molecule is CC(C)(C)OC(=O)C(CF)CCN.Cl. The molecule has 1 atom stereocenters. The normalized spacial score (nSPS) is 12.9. The van der Waals surface area contributed by atoms with Crippen molar-refractivity contribution in [3.63, 3.8) is 0 Å². The molecular weight excluding hydrogens is 209 g/mol. The summed E-state index contributed by atoms with van der Waals surface area (Å²) in [5, 5.41) is 0. The summed E-state index contributed by atoms with van der Waals surface area (Å²) in [5.74, 6) is -1.20. The molecule has 0 saturated carbocycles. The average molecular weight is 228 g/mol. The van der Waals surface area contributed by atoms with Crippen LogP contribution in [0.4, 0.5) is 4.39 Å². The van der Waals surface area contributed by atoms with E-state index >= 15 is 0 Å². The molecule has 0 saturated heterocycles. The Kier molecular flexibility index (Phi) is 8.06. The van der Waals surface area contributed by atoms with E-state index in [0.717, 1.165) is 0 Å². The molecule has 0 amide bonds. The van der Waals surface area contributed by atoms with E-state index < -0.39 is 24.2 Å². The predicted molar refractivity (Wildman–Crippen MR) is 56.2 cm³/mol. The van der Waals surface area contributed by atoms with Crippen LogP contribution in [-0.4, -0.2) is 24.8 Å². The van der Waals surface area contributed by atoms with Gasteiger partial charge >= 0.3 is 5.97 Å². The molecule has 0 fully saturated rings. The fourth-order valence-corrected chi connectivity index (χ4v) is 0.844. The molecule has 3 nitrogen and oxygen atoms in total. The van der Waals surface area contributed by atoms with Crippen LogP contribution in [0.3, 0.4) is 0 Å². The van der Waals surface area contributed by atoms with Crippen LogP contribution in [0.15, 0.2) is 0 Å². The largest absolute Gasteiger partial charge is 0.460 e. The molecule has 0 aromatic rings. The van der Waals surface area contributed by atoms with Gasteiger partial charge in [0.1, 0.15) is 12.3 Å². The lowest BCUT2D eigenvalue weighted by molar-refractivity contribution is -0.160. The number of rotatable bonds is 4. The van der Waals surface area contributed by atoms with E-state index in [4.69, 9.17) is 10.5 Å². The zero-order valence-electron chi connectivity index (χ0n) is 8.88. The highest BCUT2D eigenvalue weighted by molar-refractivity contribution is 5.85. The van der Waals surface area contributed by atoms with Crippen molar-refractivity contribution in [1.82, 2.24) is 0 Å². The molecule has 5 heteroatoms. The van der Waals surface area contributed by atoms with Crippen molar-refractivity contribution in [2.75, 3.05) is 13.2 Å². The minimum absolute atomic E-state index is 0. The molecular formula is C9H19ClFNO2. The van der Waals surface area contributed by atoms with E-state index in [9.17, 15) is 9.18 Å². The first-order valence-electron chi connectivity index (χ1n) is 4.39. The van der Waals surface area contributed by atoms with Crippen molar-refractivity contribution in [3.8, 4) is 0 Å². The molecule has 0 bridgehead atoms. The standard InChI is InChI=1S/C9H18FNO2.ClH/c1-9(2,3)13-8(12)7(6-10)4-5-11;/h7H,4-6,11H2,1-3H3;1H. The number of nitrogens with two attached hydrogens (primary N) is 1. The number of hydrogen-bond donors (Lipinski definition) is 1. The fraction of sp³-hybridized carbons (Fsp3) is 0.889. The smallest absolute Gasteiger partial charge is 0.312 e. The lowest BCUT2D eigenvalue weighted by atomic mass is 10.1. The minimum atomic E-state index is -0.704. The van der Waals surface area contributed by atoms with E-state index in [1.807, 2.05) is 0 Å². The second-order valence-corrected chi connectivity index (χ2v) is 3.96. The van der Waals surface area contributed by atoms with Crippen molar-refractivity contribution in [3.05, 3.63) is 0 Å². The van der Waals surface area contributed by atoms with Crippen LogP contribution in [0, 0.1) is 5.92 Å². The Morgan fingerprint density at radius 1 is 1.50 bits per heavy atom. The van der Waals surface area contributed by atoms with Crippen molar-refractivity contribution >= 4 is 18.4 Å². The van der Waals surface area contributed by atoms with E-state index in [2.05, 4.69) is 0 Å². The second-order valence-electron chi connectivity index (χ2n) is 3.96. The first-order valence-corrected chi connectivity index (χ1v) is 4.39. The highest BCUT2D eigenvalue weighted by atomic mass is 35.5. The van der Waals surface area contributed by atoms with Gasteiger partial charge in [-0.2, -0.15) is 0 Å². The van der Waals surface area contributed by atoms with Gasteiger partial charge in [-0.25, -0.2) is 0 Å². The quantitative estimate of drug-likeness (QED) is 0.744. The van der Waals surface area contributed by atoms with E-state index in [-0.39, 0.29) is 12.4 Å². The van der Waals surface area contributed by atoms with Crippen LogP contribution in [0.25, 0.3) is 0 Å². The predicted octanol–water partition coefficient (Wildman–Crippen LogP) is 1.68. The lowest BCUT2D eigenvalue weighted by Gasteiger charge is -2.22. The molecule has 0 aromatic heterocycles. The highest BCUT2D eigenvalue weighted by Crippen LogP contribution is 2.13. The van der Waals surface area contributed by atoms with E-state index in [0.29, 0.717) is 13.0 Å². The van der Waals surface area contributed by atoms with Crippen molar-refractivity contribution in [1.29, 1.82) is 0 Å². The number of esters is 1. The van der Waals surface area contributed by atoms with Crippen LogP contribution >= 0.6 is 12.4 Å². The Morgan fingerprint density at radius 2 is 2.00 bits per heavy atom. The Bertz CT molecular complexity index is 171. The van der Waals surface area contributed by atoms with Crippen molar-refractivity contribution in [2.45, 2.75) is 32.8 Å². The minimum Gasteiger partial charge on any atom is -0.460 e. The molecule has 0 radical (unpaired) electrons. The monoisotopic (exact) mass is 227 g/mol. The first kappa shape index (κ1) is 16.1. The number of alkyl halides is 1. The summed E-state index contributed by atoms with van der Waals surface area (Å²) in [6.07, 6.45) is 0.339. The third kappa shape index (κ3) is 7.09. The van der Waals surface area contributed by atoms with Gasteiger partial charge < -0.3 is 10.5 Å². The molecule has 14 heavy (non-hydrogen) atoms.